The third-order valence-corrected chi connectivity index (χ3v) is 2.54. The summed E-state index contributed by atoms with van der Waals surface area (Å²) in [5.74, 6) is -0.423. The van der Waals surface area contributed by atoms with Crippen LogP contribution in [0.2, 0.25) is 10.0 Å². The summed E-state index contributed by atoms with van der Waals surface area (Å²) in [6, 6.07) is 1.50. The molecule has 0 saturated heterocycles. The van der Waals surface area contributed by atoms with Gasteiger partial charge in [0.2, 0.25) is 0 Å². The summed E-state index contributed by atoms with van der Waals surface area (Å²) in [6.07, 6.45) is 0. The van der Waals surface area contributed by atoms with Gasteiger partial charge in [-0.2, -0.15) is 0 Å². The van der Waals surface area contributed by atoms with Crippen LogP contribution in [0.1, 0.15) is 25.3 Å². The topological polar surface area (TPSA) is 9.23 Å². The zero-order chi connectivity index (χ0) is 10.9. The second kappa shape index (κ2) is 4.37. The summed E-state index contributed by atoms with van der Waals surface area (Å²) in [6.45, 7) is 3.72. The van der Waals surface area contributed by atoms with Crippen molar-refractivity contribution in [1.29, 1.82) is 0 Å². The molecule has 0 aromatic heterocycles. The lowest BCUT2D eigenvalue weighted by molar-refractivity contribution is 0.383. The molecule has 0 spiro atoms. The van der Waals surface area contributed by atoms with Gasteiger partial charge in [0.25, 0.3) is 0 Å². The molecule has 0 N–H and O–H groups in total. The fraction of sp³-hybridized carbons (Fsp3) is 0.400. The van der Waals surface area contributed by atoms with Crippen LogP contribution in [0.5, 0.6) is 5.75 Å². The minimum absolute atomic E-state index is 0.00586. The van der Waals surface area contributed by atoms with E-state index in [1.165, 1.54) is 13.2 Å². The van der Waals surface area contributed by atoms with E-state index in [-0.39, 0.29) is 16.7 Å². The van der Waals surface area contributed by atoms with E-state index in [2.05, 4.69) is 0 Å². The lowest BCUT2D eigenvalue weighted by atomic mass is 10.0. The van der Waals surface area contributed by atoms with Gasteiger partial charge in [0, 0.05) is 10.6 Å². The van der Waals surface area contributed by atoms with Gasteiger partial charge < -0.3 is 4.74 Å². The first-order chi connectivity index (χ1) is 6.49. The van der Waals surface area contributed by atoms with Crippen molar-refractivity contribution in [2.45, 2.75) is 19.8 Å². The molecule has 1 aromatic carbocycles. The zero-order valence-corrected chi connectivity index (χ0v) is 9.71. The number of benzene rings is 1. The first-order valence-corrected chi connectivity index (χ1v) is 4.96. The van der Waals surface area contributed by atoms with E-state index in [0.29, 0.717) is 10.6 Å². The van der Waals surface area contributed by atoms with E-state index >= 15 is 0 Å². The Morgan fingerprint density at radius 2 is 1.86 bits per heavy atom. The predicted octanol–water partition coefficient (Wildman–Crippen LogP) is 4.26. The van der Waals surface area contributed by atoms with Gasteiger partial charge >= 0.3 is 0 Å². The minimum atomic E-state index is -0.472. The van der Waals surface area contributed by atoms with E-state index in [4.69, 9.17) is 27.9 Å². The normalized spacial score (nSPS) is 10.8. The fourth-order valence-electron chi connectivity index (χ4n) is 1.30. The van der Waals surface area contributed by atoms with Gasteiger partial charge in [0.1, 0.15) is 0 Å². The van der Waals surface area contributed by atoms with E-state index in [9.17, 15) is 4.39 Å². The summed E-state index contributed by atoms with van der Waals surface area (Å²) in [5, 5.41) is 0.530. The maximum Gasteiger partial charge on any atom is 0.173 e. The van der Waals surface area contributed by atoms with Gasteiger partial charge in [-0.05, 0) is 12.0 Å². The van der Waals surface area contributed by atoms with Crippen LogP contribution in [-0.4, -0.2) is 7.11 Å². The Kier molecular flexibility index (Phi) is 3.62. The molecule has 1 nitrogen and oxygen atoms in total. The van der Waals surface area contributed by atoms with E-state index in [0.717, 1.165) is 0 Å². The molecule has 14 heavy (non-hydrogen) atoms. The van der Waals surface area contributed by atoms with Gasteiger partial charge in [-0.25, -0.2) is 4.39 Å². The maximum absolute atomic E-state index is 13.8. The van der Waals surface area contributed by atoms with Crippen molar-refractivity contribution in [3.05, 3.63) is 27.5 Å². The second-order valence-corrected chi connectivity index (χ2v) is 4.07. The first-order valence-electron chi connectivity index (χ1n) is 4.20. The average Bonchev–Trinajstić information content (AvgIpc) is 2.02. The van der Waals surface area contributed by atoms with Crippen molar-refractivity contribution in [1.82, 2.24) is 0 Å². The number of hydrogen-bond donors (Lipinski definition) is 0. The molecule has 0 amide bonds. The number of ether oxygens (including phenoxy) is 1. The Labute approximate surface area is 92.8 Å². The molecule has 0 unspecified atom stereocenters. The molecule has 0 radical (unpaired) electrons. The lowest BCUT2D eigenvalue weighted by Gasteiger charge is -2.13. The van der Waals surface area contributed by atoms with Gasteiger partial charge in [-0.1, -0.05) is 37.0 Å². The Hall–Kier alpha value is -0.470. The highest BCUT2D eigenvalue weighted by Crippen LogP contribution is 2.37. The van der Waals surface area contributed by atoms with Crippen molar-refractivity contribution < 1.29 is 9.13 Å². The number of rotatable bonds is 2. The van der Waals surface area contributed by atoms with Crippen LogP contribution in [0.4, 0.5) is 4.39 Å². The van der Waals surface area contributed by atoms with Gasteiger partial charge in [0.15, 0.2) is 11.6 Å². The monoisotopic (exact) mass is 236 g/mol. The van der Waals surface area contributed by atoms with Crippen LogP contribution in [0.3, 0.4) is 0 Å². The Balaban J connectivity index is 3.44. The molecular formula is C10H11Cl2FO. The molecule has 0 bridgehead atoms. The molecule has 1 rings (SSSR count). The lowest BCUT2D eigenvalue weighted by Crippen LogP contribution is -1.99. The zero-order valence-electron chi connectivity index (χ0n) is 8.20. The number of halogens is 3. The van der Waals surface area contributed by atoms with Crippen molar-refractivity contribution in [3.8, 4) is 5.75 Å². The van der Waals surface area contributed by atoms with Crippen LogP contribution in [0.15, 0.2) is 6.07 Å². The van der Waals surface area contributed by atoms with Crippen molar-refractivity contribution >= 4 is 23.2 Å². The highest BCUT2D eigenvalue weighted by Gasteiger charge is 2.19. The Morgan fingerprint density at radius 1 is 1.29 bits per heavy atom. The molecule has 4 heteroatoms. The smallest absolute Gasteiger partial charge is 0.173 e. The minimum Gasteiger partial charge on any atom is -0.492 e. The van der Waals surface area contributed by atoms with Gasteiger partial charge in [-0.3, -0.25) is 0 Å². The molecule has 0 fully saturated rings. The van der Waals surface area contributed by atoms with Crippen LogP contribution in [0.25, 0.3) is 0 Å². The third-order valence-electron chi connectivity index (χ3n) is 1.94. The third kappa shape index (κ3) is 1.96. The number of hydrogen-bond acceptors (Lipinski definition) is 1. The maximum atomic E-state index is 13.8. The van der Waals surface area contributed by atoms with Gasteiger partial charge in [0.05, 0.1) is 12.1 Å². The first kappa shape index (κ1) is 11.6. The summed E-state index contributed by atoms with van der Waals surface area (Å²) in [5.41, 5.74) is 0.438. The van der Waals surface area contributed by atoms with Crippen LogP contribution in [-0.2, 0) is 0 Å². The quantitative estimate of drug-likeness (QED) is 0.746. The number of methoxy groups -OCH3 is 1. The molecule has 1 aromatic rings. The second-order valence-electron chi connectivity index (χ2n) is 3.26. The van der Waals surface area contributed by atoms with Crippen LogP contribution >= 0.6 is 23.2 Å². The predicted molar refractivity (Wildman–Crippen MR) is 57.1 cm³/mol. The molecule has 0 aliphatic carbocycles. The van der Waals surface area contributed by atoms with Crippen molar-refractivity contribution in [2.24, 2.45) is 0 Å². The molecule has 0 aliphatic heterocycles. The SMILES string of the molecule is COc1c(Cl)cc(Cl)c(C(C)C)c1F. The highest BCUT2D eigenvalue weighted by molar-refractivity contribution is 6.36. The molecule has 0 aliphatic rings. The average molecular weight is 237 g/mol. The van der Waals surface area contributed by atoms with Crippen molar-refractivity contribution in [3.63, 3.8) is 0 Å². The summed E-state index contributed by atoms with van der Waals surface area (Å²) < 4.78 is 18.6. The molecule has 78 valence electrons. The van der Waals surface area contributed by atoms with E-state index < -0.39 is 5.82 Å². The molecular weight excluding hydrogens is 226 g/mol. The molecule has 0 atom stereocenters. The molecule has 0 saturated carbocycles. The standard InChI is InChI=1S/C10H11Cl2FO/c1-5(2)8-6(11)4-7(12)10(14-3)9(8)13/h4-5H,1-3H3. The highest BCUT2D eigenvalue weighted by atomic mass is 35.5. The Morgan fingerprint density at radius 3 is 2.29 bits per heavy atom. The van der Waals surface area contributed by atoms with E-state index in [1.54, 1.807) is 0 Å². The van der Waals surface area contributed by atoms with Gasteiger partial charge in [-0.15, -0.1) is 0 Å². The van der Waals surface area contributed by atoms with E-state index in [1.807, 2.05) is 13.8 Å². The molecule has 0 heterocycles. The summed E-state index contributed by atoms with van der Waals surface area (Å²) in [4.78, 5) is 0. The van der Waals surface area contributed by atoms with Crippen LogP contribution in [0, 0.1) is 5.82 Å². The fourth-order valence-corrected chi connectivity index (χ4v) is 2.04. The van der Waals surface area contributed by atoms with Crippen molar-refractivity contribution in [2.75, 3.05) is 7.11 Å². The summed E-state index contributed by atoms with van der Waals surface area (Å²) >= 11 is 11.6. The summed E-state index contributed by atoms with van der Waals surface area (Å²) in [7, 11) is 1.38. The van der Waals surface area contributed by atoms with Crippen LogP contribution < -0.4 is 4.74 Å². The Bertz CT molecular complexity index is 350. The largest absolute Gasteiger partial charge is 0.492 e.